The predicted octanol–water partition coefficient (Wildman–Crippen LogP) is 6.29. The summed E-state index contributed by atoms with van der Waals surface area (Å²) >= 11 is 0. The number of anilines is 2. The van der Waals surface area contributed by atoms with Gasteiger partial charge in [-0.05, 0) is 61.1 Å². The van der Waals surface area contributed by atoms with Gasteiger partial charge in [-0.25, -0.2) is 0 Å². The molecule has 0 fully saturated rings. The third kappa shape index (κ3) is 4.21. The monoisotopic (exact) mass is 451 g/mol. The van der Waals surface area contributed by atoms with Crippen molar-refractivity contribution >= 4 is 17.3 Å². The Balaban J connectivity index is 1.43. The van der Waals surface area contributed by atoms with E-state index in [2.05, 4.69) is 71.9 Å². The summed E-state index contributed by atoms with van der Waals surface area (Å²) in [6, 6.07) is 25.3. The number of hydrogen-bond acceptors (Lipinski definition) is 3. The van der Waals surface area contributed by atoms with Crippen LogP contribution in [-0.4, -0.2) is 19.0 Å². The molecule has 3 aromatic carbocycles. The highest BCUT2D eigenvalue weighted by Gasteiger charge is 2.39. The first-order chi connectivity index (χ1) is 16.7. The Bertz CT molecular complexity index is 1170. The highest BCUT2D eigenvalue weighted by molar-refractivity contribution is 6.00. The molecule has 2 aliphatic rings. The van der Waals surface area contributed by atoms with Crippen LogP contribution in [0.1, 0.15) is 59.3 Å². The highest BCUT2D eigenvalue weighted by Crippen LogP contribution is 2.50. The fourth-order valence-corrected chi connectivity index (χ4v) is 5.50. The van der Waals surface area contributed by atoms with Crippen molar-refractivity contribution in [3.05, 3.63) is 107 Å². The Morgan fingerprint density at radius 1 is 0.971 bits per heavy atom. The maximum atomic E-state index is 13.2. The molecule has 3 atom stereocenters. The molecule has 0 saturated carbocycles. The number of fused-ring (bicyclic) bond motifs is 3. The number of rotatable bonds is 7. The summed E-state index contributed by atoms with van der Waals surface area (Å²) in [6.07, 6.45) is 5.67. The fraction of sp³-hybridized carbons (Fsp3) is 0.300. The summed E-state index contributed by atoms with van der Waals surface area (Å²) in [6.45, 7) is 6.90. The Hall–Kier alpha value is -3.53. The van der Waals surface area contributed by atoms with Crippen LogP contribution in [0.25, 0.3) is 0 Å². The number of para-hydroxylation sites is 1. The molecule has 5 rings (SSSR count). The molecule has 0 saturated heterocycles. The van der Waals surface area contributed by atoms with Crippen LogP contribution in [0.5, 0.6) is 0 Å². The molecule has 2 N–H and O–H groups in total. The van der Waals surface area contributed by atoms with Gasteiger partial charge in [-0.2, -0.15) is 0 Å². The lowest BCUT2D eigenvalue weighted by Gasteiger charge is -2.38. The summed E-state index contributed by atoms with van der Waals surface area (Å²) in [5, 5.41) is 6.90. The van der Waals surface area contributed by atoms with Crippen LogP contribution in [0.2, 0.25) is 0 Å². The number of carbonyl (C=O) groups excluding carboxylic acids is 1. The quantitative estimate of drug-likeness (QED) is 0.415. The second kappa shape index (κ2) is 9.76. The van der Waals surface area contributed by atoms with Crippen molar-refractivity contribution in [1.82, 2.24) is 5.32 Å². The number of nitrogens with one attached hydrogen (secondary N) is 2. The first-order valence-corrected chi connectivity index (χ1v) is 12.4. The van der Waals surface area contributed by atoms with Crippen LogP contribution in [-0.2, 0) is 6.54 Å². The van der Waals surface area contributed by atoms with E-state index in [0.717, 1.165) is 36.3 Å². The molecule has 1 aliphatic carbocycles. The van der Waals surface area contributed by atoms with Crippen molar-refractivity contribution in [1.29, 1.82) is 0 Å². The van der Waals surface area contributed by atoms with E-state index in [0.29, 0.717) is 18.4 Å². The van der Waals surface area contributed by atoms with Crippen molar-refractivity contribution in [2.24, 2.45) is 5.92 Å². The van der Waals surface area contributed by atoms with Gasteiger partial charge < -0.3 is 15.5 Å². The molecule has 174 valence electrons. The molecule has 34 heavy (non-hydrogen) atoms. The van der Waals surface area contributed by atoms with E-state index in [1.807, 2.05) is 42.5 Å². The van der Waals surface area contributed by atoms with Crippen LogP contribution in [0, 0.1) is 5.92 Å². The minimum absolute atomic E-state index is 0.0377. The van der Waals surface area contributed by atoms with Gasteiger partial charge in [0.25, 0.3) is 5.91 Å². The molecule has 3 unspecified atom stereocenters. The van der Waals surface area contributed by atoms with Crippen molar-refractivity contribution in [3.8, 4) is 0 Å². The van der Waals surface area contributed by atoms with Gasteiger partial charge in [-0.1, -0.05) is 66.7 Å². The molecule has 4 heteroatoms. The number of carbonyl (C=O) groups is 1. The zero-order chi connectivity index (χ0) is 23.5. The molecule has 1 heterocycles. The van der Waals surface area contributed by atoms with Crippen molar-refractivity contribution < 1.29 is 4.79 Å². The van der Waals surface area contributed by atoms with Crippen LogP contribution in [0.15, 0.2) is 84.9 Å². The number of benzene rings is 3. The van der Waals surface area contributed by atoms with Crippen LogP contribution >= 0.6 is 0 Å². The van der Waals surface area contributed by atoms with E-state index in [4.69, 9.17) is 0 Å². The molecular weight excluding hydrogens is 418 g/mol. The number of amides is 1. The van der Waals surface area contributed by atoms with E-state index in [9.17, 15) is 4.79 Å². The predicted molar refractivity (Wildman–Crippen MR) is 140 cm³/mol. The highest BCUT2D eigenvalue weighted by atomic mass is 16.1. The summed E-state index contributed by atoms with van der Waals surface area (Å²) in [4.78, 5) is 15.6. The molecule has 3 aromatic rings. The molecule has 0 aromatic heterocycles. The molecule has 0 spiro atoms. The molecular formula is C30H33N3O. The van der Waals surface area contributed by atoms with E-state index >= 15 is 0 Å². The van der Waals surface area contributed by atoms with Crippen molar-refractivity contribution in [2.75, 3.05) is 23.3 Å². The first kappa shape index (κ1) is 22.3. The van der Waals surface area contributed by atoms with Gasteiger partial charge in [0.2, 0.25) is 0 Å². The minimum Gasteiger partial charge on any atom is -0.377 e. The zero-order valence-corrected chi connectivity index (χ0v) is 20.0. The van der Waals surface area contributed by atoms with Gasteiger partial charge in [-0.3, -0.25) is 4.79 Å². The summed E-state index contributed by atoms with van der Waals surface area (Å²) in [7, 11) is 0. The van der Waals surface area contributed by atoms with Gasteiger partial charge in [-0.15, -0.1) is 0 Å². The van der Waals surface area contributed by atoms with Gasteiger partial charge in [0.1, 0.15) is 0 Å². The average Bonchev–Trinajstić information content (AvgIpc) is 3.39. The normalized spacial score (nSPS) is 20.2. The lowest BCUT2D eigenvalue weighted by Crippen LogP contribution is -2.32. The molecule has 0 radical (unpaired) electrons. The van der Waals surface area contributed by atoms with Crippen molar-refractivity contribution in [2.45, 2.75) is 38.8 Å². The second-order valence-electron chi connectivity index (χ2n) is 9.18. The Labute approximate surface area is 202 Å². The van der Waals surface area contributed by atoms with Crippen LogP contribution in [0.4, 0.5) is 11.4 Å². The van der Waals surface area contributed by atoms with E-state index in [1.54, 1.807) is 0 Å². The van der Waals surface area contributed by atoms with E-state index in [-0.39, 0.29) is 11.9 Å². The second-order valence-corrected chi connectivity index (χ2v) is 9.18. The first-order valence-electron chi connectivity index (χ1n) is 12.4. The summed E-state index contributed by atoms with van der Waals surface area (Å²) in [5.41, 5.74) is 6.54. The summed E-state index contributed by atoms with van der Waals surface area (Å²) in [5.74, 6) is 0.740. The molecule has 4 nitrogen and oxygen atoms in total. The third-order valence-corrected chi connectivity index (χ3v) is 7.32. The van der Waals surface area contributed by atoms with Gasteiger partial charge in [0.05, 0.1) is 17.3 Å². The number of hydrogen-bond donors (Lipinski definition) is 2. The average molecular weight is 452 g/mol. The summed E-state index contributed by atoms with van der Waals surface area (Å²) < 4.78 is 0. The largest absolute Gasteiger partial charge is 0.377 e. The topological polar surface area (TPSA) is 44.4 Å². The van der Waals surface area contributed by atoms with Gasteiger partial charge in [0.15, 0.2) is 0 Å². The standard InChI is InChI=1S/C30H33N3O/c1-3-33(4-2)23-18-16-22(17-19-23)28-25-13-8-12-24(25)26-14-9-15-27(29(26)32-28)30(34)31-20-21-10-6-5-7-11-21/h5-12,14-19,24-25,28,32H,3-4,13,20H2,1-2H3,(H,31,34). The van der Waals surface area contributed by atoms with E-state index < -0.39 is 0 Å². The number of nitrogens with zero attached hydrogens (tertiary/aromatic N) is 1. The molecule has 1 amide bonds. The maximum absolute atomic E-state index is 13.2. The van der Waals surface area contributed by atoms with E-state index in [1.165, 1.54) is 16.8 Å². The lowest BCUT2D eigenvalue weighted by molar-refractivity contribution is 0.0951. The molecule has 0 bridgehead atoms. The smallest absolute Gasteiger partial charge is 0.253 e. The minimum atomic E-state index is -0.0377. The van der Waals surface area contributed by atoms with Crippen LogP contribution in [0.3, 0.4) is 0 Å². The fourth-order valence-electron chi connectivity index (χ4n) is 5.50. The van der Waals surface area contributed by atoms with Crippen LogP contribution < -0.4 is 15.5 Å². The lowest BCUT2D eigenvalue weighted by atomic mass is 9.76. The SMILES string of the molecule is CCN(CC)c1ccc(C2Nc3c(C(=O)NCc4ccccc4)cccc3C3C=CCC32)cc1. The van der Waals surface area contributed by atoms with Gasteiger partial charge >= 0.3 is 0 Å². The Kier molecular flexibility index (Phi) is 6.39. The van der Waals surface area contributed by atoms with Gasteiger partial charge in [0, 0.05) is 31.2 Å². The molecule has 1 aliphatic heterocycles. The number of allylic oxidation sites excluding steroid dienone is 2. The Morgan fingerprint density at radius 3 is 2.47 bits per heavy atom. The Morgan fingerprint density at radius 2 is 1.74 bits per heavy atom. The van der Waals surface area contributed by atoms with Crippen molar-refractivity contribution in [3.63, 3.8) is 0 Å². The maximum Gasteiger partial charge on any atom is 0.253 e. The zero-order valence-electron chi connectivity index (χ0n) is 20.0. The third-order valence-electron chi connectivity index (χ3n) is 7.32.